The second-order valence-corrected chi connectivity index (χ2v) is 3.63. The van der Waals surface area contributed by atoms with E-state index in [4.69, 9.17) is 58.1 Å². The Morgan fingerprint density at radius 1 is 0.947 bits per heavy atom. The molecule has 0 radical (unpaired) electrons. The fourth-order valence-corrected chi connectivity index (χ4v) is 0.458. The van der Waals surface area contributed by atoms with Crippen LogP contribution in [-0.2, 0) is 19.3 Å². The largest absolute Gasteiger partial charge is 0.479 e. The number of rotatable bonds is 10. The number of alkyl halides is 2. The summed E-state index contributed by atoms with van der Waals surface area (Å²) >= 11 is 9.56. The van der Waals surface area contributed by atoms with Gasteiger partial charge in [0.2, 0.25) is 4.84 Å². The van der Waals surface area contributed by atoms with Crippen LogP contribution < -0.4 is 0 Å². The molecule has 0 rings (SSSR count). The van der Waals surface area contributed by atoms with Crippen molar-refractivity contribution in [3.63, 3.8) is 0 Å². The smallest absolute Gasteiger partial charge is 0.337 e. The molecule has 0 heterocycles. The highest BCUT2D eigenvalue weighted by atomic mass is 35.5. The molecule has 0 aliphatic carbocycles. The van der Waals surface area contributed by atoms with E-state index in [2.05, 4.69) is 0 Å². The van der Waals surface area contributed by atoms with Gasteiger partial charge in [0.05, 0.1) is 45.0 Å². The summed E-state index contributed by atoms with van der Waals surface area (Å²) in [7, 11) is 0. The summed E-state index contributed by atoms with van der Waals surface area (Å²) in [5.41, 5.74) is 0. The first kappa shape index (κ1) is 21.1. The Morgan fingerprint density at radius 2 is 1.21 bits per heavy atom. The van der Waals surface area contributed by atoms with Crippen LogP contribution in [0.15, 0.2) is 0 Å². The van der Waals surface area contributed by atoms with Crippen LogP contribution in [0.4, 0.5) is 0 Å². The van der Waals surface area contributed by atoms with Gasteiger partial charge in [0, 0.05) is 0 Å². The second kappa shape index (κ2) is 15.8. The Morgan fingerprint density at radius 3 is 1.37 bits per heavy atom. The Hall–Kier alpha value is -0.230. The van der Waals surface area contributed by atoms with Gasteiger partial charge in [-0.1, -0.05) is 23.2 Å². The highest BCUT2D eigenvalue weighted by Crippen LogP contribution is 1.98. The predicted molar refractivity (Wildman–Crippen MR) is 64.1 cm³/mol. The molecule has 4 N–H and O–H groups in total. The normalized spacial score (nSPS) is 10.5. The fraction of sp³-hybridized carbons (Fsp3) is 0.875. The van der Waals surface area contributed by atoms with Crippen LogP contribution in [0.5, 0.6) is 0 Å². The van der Waals surface area contributed by atoms with E-state index in [9.17, 15) is 4.79 Å². The molecular weight excluding hydrogens is 309 g/mol. The molecular formula is C8H17Cl2NO8. The molecule has 0 aromatic carbocycles. The molecule has 0 amide bonds. The zero-order valence-electron chi connectivity index (χ0n) is 9.94. The van der Waals surface area contributed by atoms with Crippen molar-refractivity contribution in [2.45, 2.75) is 4.84 Å². The van der Waals surface area contributed by atoms with Gasteiger partial charge in [-0.3, -0.25) is 0 Å². The van der Waals surface area contributed by atoms with Gasteiger partial charge in [-0.05, 0) is 0 Å². The number of carboxylic acid groups (broad SMARTS) is 1. The molecule has 11 heteroatoms. The van der Waals surface area contributed by atoms with Gasteiger partial charge >= 0.3 is 5.97 Å². The van der Waals surface area contributed by atoms with Crippen molar-refractivity contribution in [1.82, 2.24) is 5.39 Å². The van der Waals surface area contributed by atoms with E-state index in [1.54, 1.807) is 0 Å². The van der Waals surface area contributed by atoms with Crippen LogP contribution in [0.1, 0.15) is 0 Å². The number of carbonyl (C=O) groups is 1. The highest BCUT2D eigenvalue weighted by Gasteiger charge is 2.06. The van der Waals surface area contributed by atoms with E-state index >= 15 is 0 Å². The van der Waals surface area contributed by atoms with Gasteiger partial charge in [0.15, 0.2) is 0 Å². The maximum atomic E-state index is 9.44. The standard InChI is InChI=1S/C6H15NO6.C2H2Cl2O2/c8-1-4-11-7(12-5-2-9)13-6-3-10;3-1(4)2(5)6/h8-10H,1-6H2;1H,(H,5,6). The van der Waals surface area contributed by atoms with Gasteiger partial charge < -0.3 is 20.4 Å². The van der Waals surface area contributed by atoms with Gasteiger partial charge in [-0.2, -0.15) is 0 Å². The van der Waals surface area contributed by atoms with Gasteiger partial charge in [-0.15, -0.1) is 0 Å². The lowest BCUT2D eigenvalue weighted by Crippen LogP contribution is -2.28. The van der Waals surface area contributed by atoms with Crippen LogP contribution >= 0.6 is 23.2 Å². The average molecular weight is 326 g/mol. The van der Waals surface area contributed by atoms with Crippen LogP contribution in [-0.4, -0.2) is 76.3 Å². The number of aliphatic carboxylic acids is 1. The first-order chi connectivity index (χ1) is 8.99. The number of hydrogen-bond acceptors (Lipinski definition) is 8. The van der Waals surface area contributed by atoms with E-state index in [1.807, 2.05) is 0 Å². The van der Waals surface area contributed by atoms with Crippen molar-refractivity contribution >= 4 is 29.2 Å². The molecule has 0 fully saturated rings. The van der Waals surface area contributed by atoms with E-state index in [-0.39, 0.29) is 39.6 Å². The maximum absolute atomic E-state index is 9.44. The number of carboxylic acids is 1. The monoisotopic (exact) mass is 325 g/mol. The zero-order valence-corrected chi connectivity index (χ0v) is 11.5. The molecule has 0 bridgehead atoms. The molecule has 0 saturated heterocycles. The minimum Gasteiger partial charge on any atom is -0.479 e. The Kier molecular flexibility index (Phi) is 17.6. The third-order valence-corrected chi connectivity index (χ3v) is 1.42. The second-order valence-electron chi connectivity index (χ2n) is 2.53. The van der Waals surface area contributed by atoms with Crippen molar-refractivity contribution in [1.29, 1.82) is 0 Å². The Bertz CT molecular complexity index is 190. The molecule has 9 nitrogen and oxygen atoms in total. The van der Waals surface area contributed by atoms with E-state index in [1.165, 1.54) is 0 Å². The fourth-order valence-electron chi connectivity index (χ4n) is 0.458. The zero-order chi connectivity index (χ0) is 15.1. The minimum atomic E-state index is -1.29. The minimum absolute atomic E-state index is 0.0108. The van der Waals surface area contributed by atoms with Crippen molar-refractivity contribution in [3.8, 4) is 0 Å². The van der Waals surface area contributed by atoms with Crippen molar-refractivity contribution in [2.24, 2.45) is 0 Å². The maximum Gasteiger partial charge on any atom is 0.337 e. The van der Waals surface area contributed by atoms with Crippen molar-refractivity contribution < 1.29 is 39.7 Å². The average Bonchev–Trinajstić information content (AvgIpc) is 2.38. The molecule has 0 unspecified atom stereocenters. The van der Waals surface area contributed by atoms with Crippen LogP contribution in [0.3, 0.4) is 0 Å². The highest BCUT2D eigenvalue weighted by molar-refractivity contribution is 6.52. The van der Waals surface area contributed by atoms with Crippen LogP contribution in [0, 0.1) is 0 Å². The number of halogens is 2. The molecule has 0 spiro atoms. The molecule has 0 saturated carbocycles. The number of nitrogens with zero attached hydrogens (tertiary/aromatic N) is 1. The molecule has 0 aromatic heterocycles. The molecule has 19 heavy (non-hydrogen) atoms. The van der Waals surface area contributed by atoms with Gasteiger partial charge in [-0.25, -0.2) is 19.3 Å². The van der Waals surface area contributed by atoms with Crippen LogP contribution in [0.2, 0.25) is 0 Å². The topological polar surface area (TPSA) is 129 Å². The third kappa shape index (κ3) is 17.8. The lowest BCUT2D eigenvalue weighted by molar-refractivity contribution is -0.527. The molecule has 0 aromatic rings. The molecule has 0 atom stereocenters. The summed E-state index contributed by atoms with van der Waals surface area (Å²) < 4.78 is 0. The summed E-state index contributed by atoms with van der Waals surface area (Å²) in [6, 6.07) is 0. The summed E-state index contributed by atoms with van der Waals surface area (Å²) in [4.78, 5) is 22.3. The van der Waals surface area contributed by atoms with Crippen molar-refractivity contribution in [3.05, 3.63) is 0 Å². The lowest BCUT2D eigenvalue weighted by Gasteiger charge is -2.17. The number of aliphatic hydroxyl groups excluding tert-OH is 3. The summed E-state index contributed by atoms with van der Waals surface area (Å²) in [6.45, 7) is -0.505. The van der Waals surface area contributed by atoms with Gasteiger partial charge in [0.1, 0.15) is 0 Å². The first-order valence-corrected chi connectivity index (χ1v) is 5.89. The number of hydrogen-bond donors (Lipinski definition) is 4. The number of aliphatic hydroxyl groups is 3. The van der Waals surface area contributed by atoms with Crippen LogP contribution in [0.25, 0.3) is 0 Å². The summed E-state index contributed by atoms with van der Waals surface area (Å²) in [6.07, 6.45) is 0. The molecule has 0 aliphatic rings. The van der Waals surface area contributed by atoms with Crippen molar-refractivity contribution in [2.75, 3.05) is 39.6 Å². The first-order valence-electron chi connectivity index (χ1n) is 5.02. The predicted octanol–water partition coefficient (Wildman–Crippen LogP) is -1.07. The van der Waals surface area contributed by atoms with E-state index in [0.29, 0.717) is 5.39 Å². The lowest BCUT2D eigenvalue weighted by atomic mass is 10.8. The summed E-state index contributed by atoms with van der Waals surface area (Å²) in [5, 5.41) is 33.6. The Labute approximate surface area is 119 Å². The summed E-state index contributed by atoms with van der Waals surface area (Å²) in [5.74, 6) is -1.21. The van der Waals surface area contributed by atoms with E-state index in [0.717, 1.165) is 0 Å². The molecule has 0 aliphatic heterocycles. The molecule has 116 valence electrons. The van der Waals surface area contributed by atoms with E-state index < -0.39 is 10.8 Å². The Balaban J connectivity index is 0. The third-order valence-electron chi connectivity index (χ3n) is 1.05. The quantitative estimate of drug-likeness (QED) is 0.293. The SMILES string of the molecule is O=C(O)C(Cl)Cl.OCCON(OCCO)OCCO. The van der Waals surface area contributed by atoms with Gasteiger partial charge in [0.25, 0.3) is 0 Å².